The van der Waals surface area contributed by atoms with Crippen molar-refractivity contribution in [2.24, 2.45) is 0 Å². The molecule has 0 atom stereocenters. The average molecular weight is 488 g/mol. The Bertz CT molecular complexity index is 1010. The van der Waals surface area contributed by atoms with Crippen LogP contribution in [0.25, 0.3) is 0 Å². The van der Waals surface area contributed by atoms with E-state index in [1.54, 1.807) is 17.9 Å². The molecular weight excluding hydrogens is 470 g/mol. The molecule has 1 saturated heterocycles. The van der Waals surface area contributed by atoms with Crippen LogP contribution in [0.5, 0.6) is 0 Å². The number of benzene rings is 1. The van der Waals surface area contributed by atoms with Gasteiger partial charge in [0, 0.05) is 42.3 Å². The minimum atomic E-state index is -5.95. The van der Waals surface area contributed by atoms with E-state index >= 15 is 0 Å². The number of halogens is 6. The standard InChI is InChI=1S/C18H18F6N2O3S2/c1-12-2-7-15(30-12)31(28,29)26-10-8-25(9-11-26)14-5-3-13(4-6-14)16(27,17(19,20)21)18(22,23)24/h2-7,27H,8-11H2,1H3. The third kappa shape index (κ3) is 4.28. The second-order valence-electron chi connectivity index (χ2n) is 7.01. The Kier molecular flexibility index (Phi) is 6.10. The van der Waals surface area contributed by atoms with Crippen molar-refractivity contribution in [1.82, 2.24) is 4.31 Å². The number of sulfonamides is 1. The van der Waals surface area contributed by atoms with E-state index in [4.69, 9.17) is 0 Å². The summed E-state index contributed by atoms with van der Waals surface area (Å²) >= 11 is 1.14. The summed E-state index contributed by atoms with van der Waals surface area (Å²) in [6, 6.07) is 6.46. The van der Waals surface area contributed by atoms with Crippen molar-refractivity contribution in [2.45, 2.75) is 29.1 Å². The number of aliphatic hydroxyl groups is 1. The van der Waals surface area contributed by atoms with Gasteiger partial charge in [0.2, 0.25) is 0 Å². The second-order valence-corrected chi connectivity index (χ2v) is 10.5. The number of thiophene rings is 1. The lowest BCUT2D eigenvalue weighted by atomic mass is 9.92. The summed E-state index contributed by atoms with van der Waals surface area (Å²) in [7, 11) is -3.66. The molecule has 1 fully saturated rings. The van der Waals surface area contributed by atoms with Crippen LogP contribution < -0.4 is 4.90 Å². The van der Waals surface area contributed by atoms with Crippen LogP contribution in [0.4, 0.5) is 32.0 Å². The lowest BCUT2D eigenvalue weighted by molar-refractivity contribution is -0.376. The Balaban J connectivity index is 1.75. The zero-order chi connectivity index (χ0) is 23.2. The number of alkyl halides is 6. The van der Waals surface area contributed by atoms with Crippen LogP contribution >= 0.6 is 11.3 Å². The number of aryl methyl sites for hydroxylation is 1. The van der Waals surface area contributed by atoms with Crippen molar-refractivity contribution in [3.8, 4) is 0 Å². The van der Waals surface area contributed by atoms with Crippen LogP contribution in [0, 0.1) is 6.92 Å². The van der Waals surface area contributed by atoms with Crippen molar-refractivity contribution in [3.63, 3.8) is 0 Å². The molecule has 3 rings (SSSR count). The van der Waals surface area contributed by atoms with Gasteiger partial charge in [-0.3, -0.25) is 0 Å². The first kappa shape index (κ1) is 23.8. The normalized spacial score (nSPS) is 17.2. The Morgan fingerprint density at radius 3 is 1.81 bits per heavy atom. The van der Waals surface area contributed by atoms with E-state index in [1.165, 1.54) is 10.4 Å². The molecule has 2 aromatic rings. The van der Waals surface area contributed by atoms with E-state index < -0.39 is 33.5 Å². The number of hydrogen-bond donors (Lipinski definition) is 1. The van der Waals surface area contributed by atoms with Gasteiger partial charge in [-0.15, -0.1) is 11.3 Å². The minimum absolute atomic E-state index is 0.107. The first-order valence-corrected chi connectivity index (χ1v) is 11.2. The van der Waals surface area contributed by atoms with Gasteiger partial charge in [-0.1, -0.05) is 12.1 Å². The number of piperazine rings is 1. The van der Waals surface area contributed by atoms with Crippen LogP contribution in [0.15, 0.2) is 40.6 Å². The first-order chi connectivity index (χ1) is 14.2. The van der Waals surface area contributed by atoms with E-state index in [9.17, 15) is 39.9 Å². The predicted octanol–water partition coefficient (Wildman–Crippen LogP) is 3.88. The number of anilines is 1. The first-order valence-electron chi connectivity index (χ1n) is 8.96. The van der Waals surface area contributed by atoms with Crippen molar-refractivity contribution in [3.05, 3.63) is 46.8 Å². The van der Waals surface area contributed by atoms with Gasteiger partial charge in [0.05, 0.1) is 0 Å². The summed E-state index contributed by atoms with van der Waals surface area (Å²) in [5.74, 6) is 0. The smallest absolute Gasteiger partial charge is 0.369 e. The molecule has 0 amide bonds. The summed E-state index contributed by atoms with van der Waals surface area (Å²) in [4.78, 5) is 2.49. The highest BCUT2D eigenvalue weighted by Gasteiger charge is 2.71. The van der Waals surface area contributed by atoms with Gasteiger partial charge >= 0.3 is 12.4 Å². The Morgan fingerprint density at radius 2 is 1.39 bits per heavy atom. The molecular formula is C18H18F6N2O3S2. The van der Waals surface area contributed by atoms with Crippen LogP contribution in [0.1, 0.15) is 10.4 Å². The molecule has 0 saturated carbocycles. The van der Waals surface area contributed by atoms with Crippen molar-refractivity contribution < 1.29 is 39.9 Å². The zero-order valence-electron chi connectivity index (χ0n) is 16.0. The van der Waals surface area contributed by atoms with Gasteiger partial charge < -0.3 is 10.0 Å². The van der Waals surface area contributed by atoms with E-state index in [0.29, 0.717) is 17.8 Å². The summed E-state index contributed by atoms with van der Waals surface area (Å²) in [6.07, 6.45) is -11.9. The van der Waals surface area contributed by atoms with Crippen LogP contribution in [0.2, 0.25) is 0 Å². The van der Waals surface area contributed by atoms with Gasteiger partial charge in [-0.2, -0.15) is 30.6 Å². The molecule has 31 heavy (non-hydrogen) atoms. The molecule has 2 heterocycles. The molecule has 1 aromatic carbocycles. The SMILES string of the molecule is Cc1ccc(S(=O)(=O)N2CCN(c3ccc(C(O)(C(F)(F)F)C(F)(F)F)cc3)CC2)s1. The van der Waals surface area contributed by atoms with E-state index in [0.717, 1.165) is 28.3 Å². The van der Waals surface area contributed by atoms with Gasteiger partial charge in [-0.25, -0.2) is 8.42 Å². The molecule has 5 nitrogen and oxygen atoms in total. The summed E-state index contributed by atoms with van der Waals surface area (Å²) in [5.41, 5.74) is -6.01. The maximum Gasteiger partial charge on any atom is 0.430 e. The van der Waals surface area contributed by atoms with Crippen molar-refractivity contribution in [2.75, 3.05) is 31.1 Å². The number of nitrogens with zero attached hydrogens (tertiary/aromatic N) is 2. The van der Waals surface area contributed by atoms with E-state index in [-0.39, 0.29) is 30.4 Å². The van der Waals surface area contributed by atoms with Gasteiger partial charge in [0.25, 0.3) is 15.6 Å². The molecule has 172 valence electrons. The molecule has 13 heteroatoms. The van der Waals surface area contributed by atoms with E-state index in [2.05, 4.69) is 0 Å². The largest absolute Gasteiger partial charge is 0.430 e. The Morgan fingerprint density at radius 1 is 0.871 bits per heavy atom. The second kappa shape index (κ2) is 7.94. The fourth-order valence-electron chi connectivity index (χ4n) is 3.27. The lowest BCUT2D eigenvalue weighted by Crippen LogP contribution is -2.54. The third-order valence-corrected chi connectivity index (χ3v) is 8.39. The molecule has 1 aliphatic rings. The monoisotopic (exact) mass is 488 g/mol. The zero-order valence-corrected chi connectivity index (χ0v) is 17.7. The predicted molar refractivity (Wildman–Crippen MR) is 102 cm³/mol. The maximum absolute atomic E-state index is 13.0. The molecule has 1 aliphatic heterocycles. The molecule has 0 radical (unpaired) electrons. The summed E-state index contributed by atoms with van der Waals surface area (Å²) in [6.45, 7) is 2.40. The van der Waals surface area contributed by atoms with Crippen molar-refractivity contribution in [1.29, 1.82) is 0 Å². The highest BCUT2D eigenvalue weighted by atomic mass is 32.2. The maximum atomic E-state index is 13.0. The van der Waals surface area contributed by atoms with E-state index in [1.807, 2.05) is 0 Å². The van der Waals surface area contributed by atoms with Crippen LogP contribution in [0.3, 0.4) is 0 Å². The molecule has 1 N–H and O–H groups in total. The highest BCUT2D eigenvalue weighted by molar-refractivity contribution is 7.91. The van der Waals surface area contributed by atoms with Crippen LogP contribution in [-0.2, 0) is 15.6 Å². The molecule has 0 spiro atoms. The lowest BCUT2D eigenvalue weighted by Gasteiger charge is -2.36. The highest BCUT2D eigenvalue weighted by Crippen LogP contribution is 2.50. The fraction of sp³-hybridized carbons (Fsp3) is 0.444. The Hall–Kier alpha value is -1.83. The van der Waals surface area contributed by atoms with Gasteiger partial charge in [0.15, 0.2) is 0 Å². The van der Waals surface area contributed by atoms with Gasteiger partial charge in [0.1, 0.15) is 4.21 Å². The summed E-state index contributed by atoms with van der Waals surface area (Å²) in [5, 5.41) is 9.46. The quantitative estimate of drug-likeness (QED) is 0.664. The molecule has 0 bridgehead atoms. The van der Waals surface area contributed by atoms with Crippen molar-refractivity contribution >= 4 is 27.0 Å². The third-order valence-electron chi connectivity index (χ3n) is 5.02. The topological polar surface area (TPSA) is 60.9 Å². The Labute approximate surface area is 178 Å². The van der Waals surface area contributed by atoms with Crippen LogP contribution in [-0.4, -0.2) is 56.4 Å². The molecule has 1 aromatic heterocycles. The average Bonchev–Trinajstić information content (AvgIpc) is 3.13. The molecule has 0 aliphatic carbocycles. The number of hydrogen-bond acceptors (Lipinski definition) is 5. The number of rotatable bonds is 4. The fourth-order valence-corrected chi connectivity index (χ4v) is 6.13. The summed E-state index contributed by atoms with van der Waals surface area (Å²) < 4.78 is 105. The molecule has 0 unspecified atom stereocenters. The minimum Gasteiger partial charge on any atom is -0.369 e. The van der Waals surface area contributed by atoms with Gasteiger partial charge in [-0.05, 0) is 31.2 Å².